The maximum absolute atomic E-state index is 13.0. The van der Waals surface area contributed by atoms with Crippen LogP contribution in [0.15, 0.2) is 51.9 Å². The third-order valence-electron chi connectivity index (χ3n) is 5.06. The zero-order valence-corrected chi connectivity index (χ0v) is 16.4. The van der Waals surface area contributed by atoms with E-state index in [9.17, 15) is 8.42 Å². The van der Waals surface area contributed by atoms with Crippen LogP contribution in [0.3, 0.4) is 0 Å². The number of nitrogens with one attached hydrogen (secondary N) is 1. The number of hydrogen-bond acceptors (Lipinski definition) is 4. The predicted molar refractivity (Wildman–Crippen MR) is 105 cm³/mol. The molecule has 0 saturated heterocycles. The van der Waals surface area contributed by atoms with Gasteiger partial charge in [0, 0.05) is 11.5 Å². The molecule has 0 spiro atoms. The van der Waals surface area contributed by atoms with Crippen molar-refractivity contribution in [2.45, 2.75) is 44.4 Å². The first kappa shape index (κ1) is 17.8. The van der Waals surface area contributed by atoms with Gasteiger partial charge < -0.3 is 4.42 Å². The first-order valence-corrected chi connectivity index (χ1v) is 10.5. The van der Waals surface area contributed by atoms with Gasteiger partial charge in [0.25, 0.3) is 10.0 Å². The summed E-state index contributed by atoms with van der Waals surface area (Å²) in [4.78, 5) is 4.57. The average molecular weight is 382 g/mol. The summed E-state index contributed by atoms with van der Waals surface area (Å²) in [5.41, 5.74) is 3.93. The Hall–Kier alpha value is -2.60. The Balaban J connectivity index is 1.70. The van der Waals surface area contributed by atoms with Crippen molar-refractivity contribution in [2.75, 3.05) is 4.72 Å². The lowest BCUT2D eigenvalue weighted by Gasteiger charge is -2.14. The summed E-state index contributed by atoms with van der Waals surface area (Å²) in [6, 6.07) is 10.9. The fourth-order valence-corrected chi connectivity index (χ4v) is 4.44. The Morgan fingerprint density at radius 2 is 1.85 bits per heavy atom. The van der Waals surface area contributed by atoms with E-state index in [1.807, 2.05) is 32.0 Å². The monoisotopic (exact) mass is 382 g/mol. The topological polar surface area (TPSA) is 72.2 Å². The lowest BCUT2D eigenvalue weighted by Crippen LogP contribution is -2.15. The molecule has 1 N–H and O–H groups in total. The molecule has 0 radical (unpaired) electrons. The van der Waals surface area contributed by atoms with Gasteiger partial charge in [-0.25, -0.2) is 13.4 Å². The molecule has 0 aliphatic heterocycles. The van der Waals surface area contributed by atoms with Crippen LogP contribution in [0.4, 0.5) is 5.69 Å². The number of rotatable bonds is 5. The highest BCUT2D eigenvalue weighted by molar-refractivity contribution is 7.92. The molecule has 6 heteroatoms. The predicted octanol–water partition coefficient (Wildman–Crippen LogP) is 4.95. The number of nitrogens with zero attached hydrogens (tertiary/aromatic N) is 1. The molecule has 5 nitrogen and oxygen atoms in total. The number of anilines is 1. The molecule has 1 aliphatic carbocycles. The largest absolute Gasteiger partial charge is 0.440 e. The maximum Gasteiger partial charge on any atom is 0.262 e. The lowest BCUT2D eigenvalue weighted by atomic mass is 10.1. The maximum atomic E-state index is 13.0. The molecule has 1 saturated carbocycles. The van der Waals surface area contributed by atoms with E-state index < -0.39 is 10.0 Å². The minimum atomic E-state index is -3.72. The van der Waals surface area contributed by atoms with E-state index in [0.29, 0.717) is 28.5 Å². The highest BCUT2D eigenvalue weighted by atomic mass is 32.2. The van der Waals surface area contributed by atoms with E-state index in [2.05, 4.69) is 9.71 Å². The molecular formula is C21H22N2O3S. The third-order valence-corrected chi connectivity index (χ3v) is 6.57. The van der Waals surface area contributed by atoms with Crippen molar-refractivity contribution in [1.82, 2.24) is 4.98 Å². The Labute approximate surface area is 159 Å². The van der Waals surface area contributed by atoms with E-state index >= 15 is 0 Å². The Kier molecular flexibility index (Phi) is 4.30. The van der Waals surface area contributed by atoms with Crippen molar-refractivity contribution >= 4 is 15.7 Å². The van der Waals surface area contributed by atoms with E-state index in [1.54, 1.807) is 31.3 Å². The molecule has 1 heterocycles. The fraction of sp³-hybridized carbons (Fsp3) is 0.286. The van der Waals surface area contributed by atoms with Crippen LogP contribution in [-0.4, -0.2) is 13.4 Å². The van der Waals surface area contributed by atoms with E-state index in [1.165, 1.54) is 0 Å². The van der Waals surface area contributed by atoms with Gasteiger partial charge >= 0.3 is 0 Å². The van der Waals surface area contributed by atoms with Crippen molar-refractivity contribution in [3.8, 4) is 11.3 Å². The molecule has 140 valence electrons. The normalized spacial score (nSPS) is 14.3. The van der Waals surface area contributed by atoms with E-state index in [0.717, 1.165) is 29.9 Å². The van der Waals surface area contributed by atoms with Crippen LogP contribution in [-0.2, 0) is 10.0 Å². The Morgan fingerprint density at radius 3 is 2.59 bits per heavy atom. The van der Waals surface area contributed by atoms with Gasteiger partial charge in [0.2, 0.25) is 0 Å². The van der Waals surface area contributed by atoms with Crippen LogP contribution < -0.4 is 4.72 Å². The van der Waals surface area contributed by atoms with Gasteiger partial charge in [-0.05, 0) is 62.4 Å². The molecule has 0 bridgehead atoms. The molecule has 0 atom stereocenters. The fourth-order valence-electron chi connectivity index (χ4n) is 3.04. The molecule has 3 aromatic rings. The number of hydrogen-bond donors (Lipinski definition) is 1. The van der Waals surface area contributed by atoms with Gasteiger partial charge in [0.15, 0.2) is 11.7 Å². The molecule has 1 aromatic heterocycles. The molecule has 1 fully saturated rings. The van der Waals surface area contributed by atoms with Crippen LogP contribution in [0.2, 0.25) is 0 Å². The molecule has 1 aliphatic rings. The minimum absolute atomic E-state index is 0.241. The molecule has 2 aromatic carbocycles. The summed E-state index contributed by atoms with van der Waals surface area (Å²) in [5.74, 6) is 1.75. The number of aryl methyl sites for hydroxylation is 2. The van der Waals surface area contributed by atoms with Crippen molar-refractivity contribution in [3.63, 3.8) is 0 Å². The van der Waals surface area contributed by atoms with Gasteiger partial charge in [-0.15, -0.1) is 0 Å². The molecule has 0 unspecified atom stereocenters. The first-order chi connectivity index (χ1) is 12.8. The van der Waals surface area contributed by atoms with Crippen LogP contribution in [0.25, 0.3) is 11.3 Å². The van der Waals surface area contributed by atoms with Crippen LogP contribution in [0, 0.1) is 20.8 Å². The van der Waals surface area contributed by atoms with Crippen LogP contribution in [0.1, 0.15) is 41.3 Å². The number of benzene rings is 2. The summed E-state index contributed by atoms with van der Waals surface area (Å²) < 4.78 is 34.6. The molecule has 0 amide bonds. The highest BCUT2D eigenvalue weighted by Crippen LogP contribution is 2.40. The molecular weight excluding hydrogens is 360 g/mol. The summed E-state index contributed by atoms with van der Waals surface area (Å²) in [6.45, 7) is 5.65. The van der Waals surface area contributed by atoms with Gasteiger partial charge in [-0.1, -0.05) is 24.3 Å². The second-order valence-electron chi connectivity index (χ2n) is 7.17. The summed E-state index contributed by atoms with van der Waals surface area (Å²) in [7, 11) is -3.72. The van der Waals surface area contributed by atoms with Crippen molar-refractivity contribution in [2.24, 2.45) is 0 Å². The smallest absolute Gasteiger partial charge is 0.262 e. The standard InChI is InChI=1S/C21H22N2O3S/c1-13-5-4-6-18(15(13)3)23-27(24,25)20-11-17(8-7-14(20)2)19-12-22-21(26-19)16-9-10-16/h4-8,11-12,16,23H,9-10H2,1-3H3. The first-order valence-electron chi connectivity index (χ1n) is 9.01. The van der Waals surface area contributed by atoms with Gasteiger partial charge in [0.1, 0.15) is 0 Å². The zero-order chi connectivity index (χ0) is 19.2. The number of aromatic nitrogens is 1. The van der Waals surface area contributed by atoms with Gasteiger partial charge in [-0.2, -0.15) is 0 Å². The van der Waals surface area contributed by atoms with Crippen molar-refractivity contribution in [3.05, 3.63) is 65.2 Å². The third kappa shape index (κ3) is 3.49. The summed E-state index contributed by atoms with van der Waals surface area (Å²) in [5, 5.41) is 0. The van der Waals surface area contributed by atoms with Gasteiger partial charge in [-0.3, -0.25) is 4.72 Å². The Morgan fingerprint density at radius 1 is 1.07 bits per heavy atom. The van der Waals surface area contributed by atoms with Crippen molar-refractivity contribution in [1.29, 1.82) is 0 Å². The van der Waals surface area contributed by atoms with Crippen molar-refractivity contribution < 1.29 is 12.8 Å². The average Bonchev–Trinajstić information content (AvgIpc) is 3.36. The SMILES string of the molecule is Cc1ccc(-c2cnc(C3CC3)o2)cc1S(=O)(=O)Nc1cccc(C)c1C. The molecule has 27 heavy (non-hydrogen) atoms. The zero-order valence-electron chi connectivity index (χ0n) is 15.6. The Bertz CT molecular complexity index is 1110. The molecule has 4 rings (SSSR count). The highest BCUT2D eigenvalue weighted by Gasteiger charge is 2.29. The lowest BCUT2D eigenvalue weighted by molar-refractivity contribution is 0.509. The van der Waals surface area contributed by atoms with Crippen LogP contribution in [0.5, 0.6) is 0 Å². The van der Waals surface area contributed by atoms with Crippen LogP contribution >= 0.6 is 0 Å². The number of sulfonamides is 1. The minimum Gasteiger partial charge on any atom is -0.440 e. The van der Waals surface area contributed by atoms with E-state index in [-0.39, 0.29) is 4.90 Å². The van der Waals surface area contributed by atoms with Gasteiger partial charge in [0.05, 0.1) is 16.8 Å². The number of oxazole rings is 1. The second-order valence-corrected chi connectivity index (χ2v) is 8.82. The summed E-state index contributed by atoms with van der Waals surface area (Å²) >= 11 is 0. The quantitative estimate of drug-likeness (QED) is 0.678. The van der Waals surface area contributed by atoms with E-state index in [4.69, 9.17) is 4.42 Å². The second kappa shape index (κ2) is 6.53. The summed E-state index contributed by atoms with van der Waals surface area (Å²) in [6.07, 6.45) is 3.88.